The molecule has 0 aliphatic carbocycles. The Morgan fingerprint density at radius 3 is 2.25 bits per heavy atom. The standard InChI is InChI=1S/C13H16O3/c1-13(2,3)11(9-14)16-12(15)10-7-5-4-6-8-10/h4-9,11H,1-3H3. The number of ether oxygens (including phenoxy) is 1. The Bertz CT molecular complexity index is 363. The van der Waals surface area contributed by atoms with Gasteiger partial charge in [-0.15, -0.1) is 0 Å². The number of benzene rings is 1. The molecule has 16 heavy (non-hydrogen) atoms. The lowest BCUT2D eigenvalue weighted by molar-refractivity contribution is -0.120. The number of carbonyl (C=O) groups excluding carboxylic acids is 2. The maximum atomic E-state index is 11.7. The van der Waals surface area contributed by atoms with Crippen LogP contribution in [0.5, 0.6) is 0 Å². The van der Waals surface area contributed by atoms with Crippen LogP contribution >= 0.6 is 0 Å². The Morgan fingerprint density at radius 1 is 1.25 bits per heavy atom. The van der Waals surface area contributed by atoms with Crippen LogP contribution in [0.2, 0.25) is 0 Å². The molecule has 3 nitrogen and oxygen atoms in total. The van der Waals surface area contributed by atoms with Gasteiger partial charge in [0, 0.05) is 5.41 Å². The second-order valence-electron chi connectivity index (χ2n) is 4.69. The zero-order chi connectivity index (χ0) is 12.2. The first-order chi connectivity index (χ1) is 7.45. The summed E-state index contributed by atoms with van der Waals surface area (Å²) in [7, 11) is 0. The molecular formula is C13H16O3. The second-order valence-corrected chi connectivity index (χ2v) is 4.69. The molecule has 3 heteroatoms. The number of aldehydes is 1. The molecule has 0 saturated carbocycles. The number of esters is 1. The van der Waals surface area contributed by atoms with Crippen molar-refractivity contribution in [1.29, 1.82) is 0 Å². The van der Waals surface area contributed by atoms with Gasteiger partial charge in [-0.2, -0.15) is 0 Å². The van der Waals surface area contributed by atoms with E-state index in [1.54, 1.807) is 24.3 Å². The molecule has 1 unspecified atom stereocenters. The first-order valence-electron chi connectivity index (χ1n) is 5.16. The summed E-state index contributed by atoms with van der Waals surface area (Å²) in [5.41, 5.74) is 0.0743. The van der Waals surface area contributed by atoms with Gasteiger partial charge >= 0.3 is 5.97 Å². The van der Waals surface area contributed by atoms with Gasteiger partial charge in [0.1, 0.15) is 0 Å². The molecule has 86 valence electrons. The summed E-state index contributed by atoms with van der Waals surface area (Å²) < 4.78 is 5.14. The van der Waals surface area contributed by atoms with E-state index in [1.165, 1.54) is 0 Å². The summed E-state index contributed by atoms with van der Waals surface area (Å²) in [6.07, 6.45) is -0.0545. The van der Waals surface area contributed by atoms with Crippen LogP contribution in [0.15, 0.2) is 30.3 Å². The van der Waals surface area contributed by atoms with Crippen LogP contribution in [-0.2, 0) is 9.53 Å². The highest BCUT2D eigenvalue weighted by atomic mass is 16.5. The average Bonchev–Trinajstić information content (AvgIpc) is 2.25. The van der Waals surface area contributed by atoms with Crippen LogP contribution < -0.4 is 0 Å². The summed E-state index contributed by atoms with van der Waals surface area (Å²) in [6, 6.07) is 8.64. The molecule has 0 radical (unpaired) electrons. The first kappa shape index (κ1) is 12.4. The van der Waals surface area contributed by atoms with Crippen LogP contribution in [0.25, 0.3) is 0 Å². The van der Waals surface area contributed by atoms with E-state index in [1.807, 2.05) is 26.8 Å². The average molecular weight is 220 g/mol. The molecular weight excluding hydrogens is 204 g/mol. The van der Waals surface area contributed by atoms with Gasteiger partial charge in [-0.25, -0.2) is 4.79 Å². The lowest BCUT2D eigenvalue weighted by Gasteiger charge is -2.25. The second kappa shape index (κ2) is 4.92. The summed E-state index contributed by atoms with van der Waals surface area (Å²) in [4.78, 5) is 22.5. The summed E-state index contributed by atoms with van der Waals surface area (Å²) >= 11 is 0. The van der Waals surface area contributed by atoms with Crippen LogP contribution in [0.1, 0.15) is 31.1 Å². The highest BCUT2D eigenvalue weighted by molar-refractivity contribution is 5.90. The molecule has 1 aromatic carbocycles. The van der Waals surface area contributed by atoms with Gasteiger partial charge in [0.2, 0.25) is 0 Å². The minimum absolute atomic E-state index is 0.383. The third kappa shape index (κ3) is 3.19. The fourth-order valence-corrected chi connectivity index (χ4v) is 1.17. The van der Waals surface area contributed by atoms with E-state index in [-0.39, 0.29) is 5.41 Å². The van der Waals surface area contributed by atoms with Crippen molar-refractivity contribution in [3.05, 3.63) is 35.9 Å². The normalized spacial score (nSPS) is 12.9. The van der Waals surface area contributed by atoms with E-state index >= 15 is 0 Å². The maximum absolute atomic E-state index is 11.7. The maximum Gasteiger partial charge on any atom is 0.338 e. The smallest absolute Gasteiger partial charge is 0.338 e. The lowest BCUT2D eigenvalue weighted by atomic mass is 9.90. The lowest BCUT2D eigenvalue weighted by Crippen LogP contribution is -2.33. The number of carbonyl (C=O) groups is 2. The Hall–Kier alpha value is -1.64. The van der Waals surface area contributed by atoms with Gasteiger partial charge in [0.05, 0.1) is 5.56 Å². The van der Waals surface area contributed by atoms with Crippen molar-refractivity contribution >= 4 is 12.3 Å². The van der Waals surface area contributed by atoms with E-state index in [4.69, 9.17) is 4.74 Å². The molecule has 0 saturated heterocycles. The van der Waals surface area contributed by atoms with Gasteiger partial charge in [-0.1, -0.05) is 39.0 Å². The molecule has 1 aromatic rings. The van der Waals surface area contributed by atoms with Crippen molar-refractivity contribution in [3.63, 3.8) is 0 Å². The van der Waals surface area contributed by atoms with Gasteiger partial charge in [0.25, 0.3) is 0 Å². The van der Waals surface area contributed by atoms with Gasteiger partial charge < -0.3 is 4.74 Å². The van der Waals surface area contributed by atoms with Crippen molar-refractivity contribution in [1.82, 2.24) is 0 Å². The SMILES string of the molecule is CC(C)(C)C(C=O)OC(=O)c1ccccc1. The third-order valence-electron chi connectivity index (χ3n) is 2.22. The molecule has 1 atom stereocenters. The fraction of sp³-hybridized carbons (Fsp3) is 0.385. The Kier molecular flexibility index (Phi) is 3.82. The molecule has 0 heterocycles. The molecule has 0 aromatic heterocycles. The largest absolute Gasteiger partial charge is 0.451 e. The number of hydrogen-bond acceptors (Lipinski definition) is 3. The fourth-order valence-electron chi connectivity index (χ4n) is 1.17. The van der Waals surface area contributed by atoms with Gasteiger partial charge in [-0.3, -0.25) is 4.79 Å². The van der Waals surface area contributed by atoms with Crippen molar-refractivity contribution in [2.24, 2.45) is 5.41 Å². The molecule has 0 aliphatic heterocycles. The van der Waals surface area contributed by atoms with Crippen LogP contribution in [0, 0.1) is 5.41 Å². The van der Waals surface area contributed by atoms with E-state index in [2.05, 4.69) is 0 Å². The molecule has 0 spiro atoms. The van der Waals surface area contributed by atoms with E-state index in [0.717, 1.165) is 0 Å². The monoisotopic (exact) mass is 220 g/mol. The first-order valence-corrected chi connectivity index (χ1v) is 5.16. The quantitative estimate of drug-likeness (QED) is 0.580. The minimum atomic E-state index is -0.722. The predicted molar refractivity (Wildman–Crippen MR) is 61.2 cm³/mol. The van der Waals surface area contributed by atoms with E-state index < -0.39 is 12.1 Å². The van der Waals surface area contributed by atoms with Gasteiger partial charge in [0.15, 0.2) is 12.4 Å². The molecule has 0 N–H and O–H groups in total. The topological polar surface area (TPSA) is 43.4 Å². The van der Waals surface area contributed by atoms with Crippen LogP contribution in [0.3, 0.4) is 0 Å². The number of rotatable bonds is 3. The van der Waals surface area contributed by atoms with Gasteiger partial charge in [-0.05, 0) is 12.1 Å². The van der Waals surface area contributed by atoms with Crippen molar-refractivity contribution in [2.75, 3.05) is 0 Å². The molecule has 0 fully saturated rings. The Morgan fingerprint density at radius 2 is 1.81 bits per heavy atom. The predicted octanol–water partition coefficient (Wildman–Crippen LogP) is 2.46. The van der Waals surface area contributed by atoms with Crippen molar-refractivity contribution in [2.45, 2.75) is 26.9 Å². The van der Waals surface area contributed by atoms with Crippen molar-refractivity contribution in [3.8, 4) is 0 Å². The molecule has 1 rings (SSSR count). The van der Waals surface area contributed by atoms with E-state index in [9.17, 15) is 9.59 Å². The van der Waals surface area contributed by atoms with E-state index in [0.29, 0.717) is 11.8 Å². The third-order valence-corrected chi connectivity index (χ3v) is 2.22. The summed E-state index contributed by atoms with van der Waals surface area (Å²) in [5, 5.41) is 0. The number of hydrogen-bond donors (Lipinski definition) is 0. The highest BCUT2D eigenvalue weighted by Gasteiger charge is 2.28. The molecule has 0 amide bonds. The highest BCUT2D eigenvalue weighted by Crippen LogP contribution is 2.21. The van der Waals surface area contributed by atoms with Crippen LogP contribution in [-0.4, -0.2) is 18.4 Å². The zero-order valence-electron chi connectivity index (χ0n) is 9.77. The summed E-state index contributed by atoms with van der Waals surface area (Å²) in [5.74, 6) is -0.465. The molecule has 0 bridgehead atoms. The Labute approximate surface area is 95.4 Å². The molecule has 0 aliphatic rings. The Balaban J connectivity index is 2.75. The zero-order valence-corrected chi connectivity index (χ0v) is 9.77. The summed E-state index contributed by atoms with van der Waals surface area (Å²) in [6.45, 7) is 5.55. The van der Waals surface area contributed by atoms with Crippen molar-refractivity contribution < 1.29 is 14.3 Å². The minimum Gasteiger partial charge on any atom is -0.451 e. The van der Waals surface area contributed by atoms with Crippen LogP contribution in [0.4, 0.5) is 0 Å².